The van der Waals surface area contributed by atoms with Crippen LogP contribution < -0.4 is 5.73 Å². The zero-order chi connectivity index (χ0) is 15.0. The second-order valence-electron chi connectivity index (χ2n) is 4.48. The van der Waals surface area contributed by atoms with Crippen LogP contribution in [0.4, 0.5) is 18.9 Å². The molecule has 0 aliphatic rings. The Morgan fingerprint density at radius 2 is 1.62 bits per heavy atom. The highest BCUT2D eigenvalue weighted by molar-refractivity contribution is 5.72. The Bertz CT molecular complexity index is 794. The molecule has 1 heterocycles. The first-order valence-corrected chi connectivity index (χ1v) is 6.11. The van der Waals surface area contributed by atoms with Crippen molar-refractivity contribution in [1.29, 1.82) is 0 Å². The lowest BCUT2D eigenvalue weighted by Crippen LogP contribution is -1.95. The van der Waals surface area contributed by atoms with Crippen LogP contribution in [-0.4, -0.2) is 9.78 Å². The van der Waals surface area contributed by atoms with Gasteiger partial charge in [0, 0.05) is 5.56 Å². The zero-order valence-electron chi connectivity index (χ0n) is 10.7. The maximum absolute atomic E-state index is 13.3. The molecular weight excluding hydrogens is 279 g/mol. The van der Waals surface area contributed by atoms with Crippen molar-refractivity contribution in [2.75, 3.05) is 5.73 Å². The lowest BCUT2D eigenvalue weighted by molar-refractivity contribution is 0.509. The van der Waals surface area contributed by atoms with Gasteiger partial charge in [-0.15, -0.1) is 0 Å². The summed E-state index contributed by atoms with van der Waals surface area (Å²) in [7, 11) is 0. The highest BCUT2D eigenvalue weighted by Gasteiger charge is 2.12. The second-order valence-corrected chi connectivity index (χ2v) is 4.48. The zero-order valence-corrected chi connectivity index (χ0v) is 10.7. The molecule has 2 N–H and O–H groups in total. The Hall–Kier alpha value is -2.76. The first-order valence-electron chi connectivity index (χ1n) is 6.11. The standard InChI is InChI=1S/C15H10F3N3/c16-10-2-4-11(5-3-10)21-8-14(19)15(20-21)9-1-6-12(17)13(18)7-9/h1-8H,19H2. The predicted molar refractivity (Wildman–Crippen MR) is 73.3 cm³/mol. The van der Waals surface area contributed by atoms with E-state index >= 15 is 0 Å². The number of halogens is 3. The molecule has 1 aromatic heterocycles. The van der Waals surface area contributed by atoms with Crippen LogP contribution >= 0.6 is 0 Å². The molecule has 0 radical (unpaired) electrons. The minimum Gasteiger partial charge on any atom is -0.396 e. The summed E-state index contributed by atoms with van der Waals surface area (Å²) in [5, 5.41) is 4.23. The molecule has 0 saturated carbocycles. The summed E-state index contributed by atoms with van der Waals surface area (Å²) in [5.41, 5.74) is 7.47. The SMILES string of the molecule is Nc1cn(-c2ccc(F)cc2)nc1-c1ccc(F)c(F)c1. The summed E-state index contributed by atoms with van der Waals surface area (Å²) in [5.74, 6) is -2.27. The van der Waals surface area contributed by atoms with E-state index in [1.54, 1.807) is 0 Å². The summed E-state index contributed by atoms with van der Waals surface area (Å²) in [6.45, 7) is 0. The molecule has 0 amide bonds. The van der Waals surface area contributed by atoms with Gasteiger partial charge in [0.25, 0.3) is 0 Å². The largest absolute Gasteiger partial charge is 0.396 e. The van der Waals surface area contributed by atoms with E-state index in [1.165, 1.54) is 41.2 Å². The summed E-state index contributed by atoms with van der Waals surface area (Å²) < 4.78 is 40.6. The van der Waals surface area contributed by atoms with Crippen LogP contribution in [0.2, 0.25) is 0 Å². The minimum absolute atomic E-state index is 0.310. The van der Waals surface area contributed by atoms with E-state index in [4.69, 9.17) is 5.73 Å². The third-order valence-electron chi connectivity index (χ3n) is 3.03. The van der Waals surface area contributed by atoms with Gasteiger partial charge in [0.1, 0.15) is 11.5 Å². The molecule has 106 valence electrons. The van der Waals surface area contributed by atoms with Crippen molar-refractivity contribution < 1.29 is 13.2 Å². The summed E-state index contributed by atoms with van der Waals surface area (Å²) in [6, 6.07) is 9.11. The third kappa shape index (κ3) is 2.47. The number of anilines is 1. The lowest BCUT2D eigenvalue weighted by Gasteiger charge is -2.01. The molecule has 3 nitrogen and oxygen atoms in total. The fourth-order valence-corrected chi connectivity index (χ4v) is 1.98. The summed E-state index contributed by atoms with van der Waals surface area (Å²) in [4.78, 5) is 0. The van der Waals surface area contributed by atoms with Crippen molar-refractivity contribution in [1.82, 2.24) is 9.78 Å². The van der Waals surface area contributed by atoms with Crippen molar-refractivity contribution in [3.63, 3.8) is 0 Å². The molecule has 3 aromatic rings. The van der Waals surface area contributed by atoms with Crippen LogP contribution in [0.15, 0.2) is 48.7 Å². The van der Waals surface area contributed by atoms with Gasteiger partial charge in [-0.1, -0.05) is 0 Å². The summed E-state index contributed by atoms with van der Waals surface area (Å²) >= 11 is 0. The maximum atomic E-state index is 13.3. The Morgan fingerprint density at radius 3 is 2.29 bits per heavy atom. The lowest BCUT2D eigenvalue weighted by atomic mass is 10.1. The number of aromatic nitrogens is 2. The van der Waals surface area contributed by atoms with Crippen molar-refractivity contribution in [2.45, 2.75) is 0 Å². The molecule has 0 saturated heterocycles. The van der Waals surface area contributed by atoms with E-state index in [0.29, 0.717) is 22.6 Å². The molecule has 21 heavy (non-hydrogen) atoms. The van der Waals surface area contributed by atoms with E-state index in [0.717, 1.165) is 12.1 Å². The average molecular weight is 289 g/mol. The Kier molecular flexibility index (Phi) is 3.13. The molecule has 0 atom stereocenters. The van der Waals surface area contributed by atoms with Crippen LogP contribution in [0.5, 0.6) is 0 Å². The van der Waals surface area contributed by atoms with Crippen molar-refractivity contribution in [3.8, 4) is 16.9 Å². The highest BCUT2D eigenvalue weighted by atomic mass is 19.2. The van der Waals surface area contributed by atoms with E-state index in [-0.39, 0.29) is 5.82 Å². The minimum atomic E-state index is -0.969. The molecule has 0 aliphatic heterocycles. The van der Waals surface area contributed by atoms with Crippen molar-refractivity contribution >= 4 is 5.69 Å². The van der Waals surface area contributed by atoms with E-state index in [2.05, 4.69) is 5.10 Å². The quantitative estimate of drug-likeness (QED) is 0.784. The average Bonchev–Trinajstić information content (AvgIpc) is 2.85. The Balaban J connectivity index is 2.05. The van der Waals surface area contributed by atoms with Crippen LogP contribution in [0.3, 0.4) is 0 Å². The molecule has 0 fully saturated rings. The monoisotopic (exact) mass is 289 g/mol. The van der Waals surface area contributed by atoms with Gasteiger partial charge in [-0.05, 0) is 42.5 Å². The molecule has 0 spiro atoms. The number of hydrogen-bond acceptors (Lipinski definition) is 2. The molecule has 0 aliphatic carbocycles. The molecule has 0 bridgehead atoms. The van der Waals surface area contributed by atoms with Crippen LogP contribution in [0.1, 0.15) is 0 Å². The van der Waals surface area contributed by atoms with E-state index in [9.17, 15) is 13.2 Å². The topological polar surface area (TPSA) is 43.8 Å². The Morgan fingerprint density at radius 1 is 0.905 bits per heavy atom. The van der Waals surface area contributed by atoms with Gasteiger partial charge in [0.05, 0.1) is 17.6 Å². The first-order chi connectivity index (χ1) is 10.0. The van der Waals surface area contributed by atoms with Gasteiger partial charge in [0.2, 0.25) is 0 Å². The molecular formula is C15H10F3N3. The fraction of sp³-hybridized carbons (Fsp3) is 0. The van der Waals surface area contributed by atoms with Gasteiger partial charge < -0.3 is 5.73 Å². The molecule has 6 heteroatoms. The van der Waals surface area contributed by atoms with Crippen LogP contribution in [-0.2, 0) is 0 Å². The molecule has 3 rings (SSSR count). The van der Waals surface area contributed by atoms with E-state index < -0.39 is 11.6 Å². The van der Waals surface area contributed by atoms with Crippen LogP contribution in [0, 0.1) is 17.5 Å². The Labute approximate surface area is 118 Å². The third-order valence-corrected chi connectivity index (χ3v) is 3.03. The van der Waals surface area contributed by atoms with Gasteiger partial charge in [-0.25, -0.2) is 17.9 Å². The first kappa shape index (κ1) is 13.2. The number of nitrogen functional groups attached to an aromatic ring is 1. The van der Waals surface area contributed by atoms with Crippen LogP contribution in [0.25, 0.3) is 16.9 Å². The fourth-order valence-electron chi connectivity index (χ4n) is 1.98. The smallest absolute Gasteiger partial charge is 0.159 e. The number of hydrogen-bond donors (Lipinski definition) is 1. The number of nitrogens with zero attached hydrogens (tertiary/aromatic N) is 2. The van der Waals surface area contributed by atoms with Gasteiger partial charge in [-0.2, -0.15) is 5.10 Å². The van der Waals surface area contributed by atoms with Gasteiger partial charge in [0.15, 0.2) is 11.6 Å². The number of rotatable bonds is 2. The highest BCUT2D eigenvalue weighted by Crippen LogP contribution is 2.26. The maximum Gasteiger partial charge on any atom is 0.159 e. The molecule has 2 aromatic carbocycles. The predicted octanol–water partition coefficient (Wildman–Crippen LogP) is 3.54. The van der Waals surface area contributed by atoms with Gasteiger partial charge >= 0.3 is 0 Å². The molecule has 0 unspecified atom stereocenters. The number of nitrogens with two attached hydrogens (primary N) is 1. The normalized spacial score (nSPS) is 10.8. The van der Waals surface area contributed by atoms with Crippen molar-refractivity contribution in [2.24, 2.45) is 0 Å². The van der Waals surface area contributed by atoms with Crippen molar-refractivity contribution in [3.05, 3.63) is 66.1 Å². The summed E-state index contributed by atoms with van der Waals surface area (Å²) in [6.07, 6.45) is 1.53. The van der Waals surface area contributed by atoms with Gasteiger partial charge in [-0.3, -0.25) is 0 Å². The second kappa shape index (κ2) is 4.97. The number of benzene rings is 2. The van der Waals surface area contributed by atoms with E-state index in [1.807, 2.05) is 0 Å².